The molecule has 11 heavy (non-hydrogen) atoms. The summed E-state index contributed by atoms with van der Waals surface area (Å²) in [6.45, 7) is 5.65. The molecular weight excluding hydrogens is 140 g/mol. The number of nitrogens with zero attached hydrogens (tertiary/aromatic N) is 1. The predicted octanol–water partition coefficient (Wildman–Crippen LogP) is 0.838. The van der Waals surface area contributed by atoms with Gasteiger partial charge in [0, 0.05) is 18.9 Å². The van der Waals surface area contributed by atoms with Crippen molar-refractivity contribution in [3.63, 3.8) is 0 Å². The minimum atomic E-state index is -0.222. The van der Waals surface area contributed by atoms with Crippen LogP contribution in [0.15, 0.2) is 12.7 Å². The molecule has 0 radical (unpaired) electrons. The van der Waals surface area contributed by atoms with E-state index in [1.165, 1.54) is 0 Å². The van der Waals surface area contributed by atoms with Crippen molar-refractivity contribution in [1.29, 1.82) is 5.26 Å². The van der Waals surface area contributed by atoms with E-state index in [9.17, 15) is 4.79 Å². The van der Waals surface area contributed by atoms with Crippen molar-refractivity contribution in [3.8, 4) is 6.07 Å². The molecule has 1 amide bonds. The average molecular weight is 152 g/mol. The van der Waals surface area contributed by atoms with Crippen molar-refractivity contribution in [3.05, 3.63) is 12.7 Å². The Bertz CT molecular complexity index is 181. The predicted molar refractivity (Wildman–Crippen MR) is 42.6 cm³/mol. The molecule has 60 valence electrons. The third-order valence-electron chi connectivity index (χ3n) is 1.27. The fraction of sp³-hybridized carbons (Fsp3) is 0.500. The summed E-state index contributed by atoms with van der Waals surface area (Å²) in [6, 6.07) is 1.94. The molecule has 0 fully saturated rings. The summed E-state index contributed by atoms with van der Waals surface area (Å²) in [6.07, 6.45) is 1.87. The Morgan fingerprint density at radius 3 is 3.00 bits per heavy atom. The molecule has 0 rings (SSSR count). The van der Waals surface area contributed by atoms with E-state index in [0.717, 1.165) is 0 Å². The highest BCUT2D eigenvalue weighted by Gasteiger charge is 2.09. The molecule has 1 unspecified atom stereocenters. The lowest BCUT2D eigenvalue weighted by Crippen LogP contribution is -2.28. The normalized spacial score (nSPS) is 11.3. The van der Waals surface area contributed by atoms with E-state index >= 15 is 0 Å². The summed E-state index contributed by atoms with van der Waals surface area (Å²) in [5, 5.41) is 10.9. The fourth-order valence-electron chi connectivity index (χ4n) is 0.577. The summed E-state index contributed by atoms with van der Waals surface area (Å²) in [5.41, 5.74) is 0. The Kier molecular flexibility index (Phi) is 4.83. The number of rotatable bonds is 4. The van der Waals surface area contributed by atoms with Crippen LogP contribution in [0.2, 0.25) is 0 Å². The average Bonchev–Trinajstić information content (AvgIpc) is 2.00. The van der Waals surface area contributed by atoms with Crippen molar-refractivity contribution in [2.45, 2.75) is 13.3 Å². The molecule has 0 saturated carbocycles. The molecule has 0 bridgehead atoms. The van der Waals surface area contributed by atoms with Crippen LogP contribution in [0.3, 0.4) is 0 Å². The summed E-state index contributed by atoms with van der Waals surface area (Å²) in [5.74, 6) is -0.314. The van der Waals surface area contributed by atoms with Gasteiger partial charge in [0.2, 0.25) is 5.91 Å². The van der Waals surface area contributed by atoms with Gasteiger partial charge in [0.25, 0.3) is 0 Å². The van der Waals surface area contributed by atoms with Gasteiger partial charge in [-0.3, -0.25) is 4.79 Å². The lowest BCUT2D eigenvalue weighted by Gasteiger charge is -2.05. The maximum atomic E-state index is 11.0. The molecule has 0 heterocycles. The Balaban J connectivity index is 3.65. The zero-order valence-electron chi connectivity index (χ0n) is 6.63. The summed E-state index contributed by atoms with van der Waals surface area (Å²) in [7, 11) is 0. The highest BCUT2D eigenvalue weighted by Crippen LogP contribution is 1.98. The number of carbonyl (C=O) groups is 1. The fourth-order valence-corrected chi connectivity index (χ4v) is 0.577. The van der Waals surface area contributed by atoms with Crippen LogP contribution in [-0.2, 0) is 4.79 Å². The molecule has 0 spiro atoms. The van der Waals surface area contributed by atoms with Crippen LogP contribution < -0.4 is 5.32 Å². The SMILES string of the molecule is C=CCNC(=O)C(C)CC#N. The maximum absolute atomic E-state index is 11.0. The second-order valence-corrected chi connectivity index (χ2v) is 2.30. The van der Waals surface area contributed by atoms with E-state index in [4.69, 9.17) is 5.26 Å². The van der Waals surface area contributed by atoms with E-state index in [1.807, 2.05) is 6.07 Å². The van der Waals surface area contributed by atoms with Crippen LogP contribution in [0.1, 0.15) is 13.3 Å². The first-order valence-electron chi connectivity index (χ1n) is 3.48. The van der Waals surface area contributed by atoms with Gasteiger partial charge in [-0.15, -0.1) is 6.58 Å². The molecule has 0 aromatic heterocycles. The van der Waals surface area contributed by atoms with Gasteiger partial charge in [0.15, 0.2) is 0 Å². The van der Waals surface area contributed by atoms with E-state index in [0.29, 0.717) is 6.54 Å². The lowest BCUT2D eigenvalue weighted by molar-refractivity contribution is -0.124. The molecule has 0 aliphatic carbocycles. The Morgan fingerprint density at radius 2 is 2.55 bits per heavy atom. The molecule has 3 heteroatoms. The Labute approximate surface area is 66.7 Å². The van der Waals surface area contributed by atoms with E-state index in [1.54, 1.807) is 13.0 Å². The van der Waals surface area contributed by atoms with Crippen LogP contribution in [0, 0.1) is 17.2 Å². The van der Waals surface area contributed by atoms with Crippen molar-refractivity contribution in [2.24, 2.45) is 5.92 Å². The quantitative estimate of drug-likeness (QED) is 0.607. The third-order valence-corrected chi connectivity index (χ3v) is 1.27. The van der Waals surface area contributed by atoms with E-state index in [-0.39, 0.29) is 18.2 Å². The van der Waals surface area contributed by atoms with Crippen LogP contribution in [0.25, 0.3) is 0 Å². The van der Waals surface area contributed by atoms with Crippen LogP contribution in [0.4, 0.5) is 0 Å². The number of amides is 1. The Morgan fingerprint density at radius 1 is 1.91 bits per heavy atom. The van der Waals surface area contributed by atoms with Crippen molar-refractivity contribution in [1.82, 2.24) is 5.32 Å². The van der Waals surface area contributed by atoms with Crippen LogP contribution in [0.5, 0.6) is 0 Å². The van der Waals surface area contributed by atoms with Crippen molar-refractivity contribution in [2.75, 3.05) is 6.54 Å². The van der Waals surface area contributed by atoms with E-state index < -0.39 is 0 Å². The number of nitrogens with one attached hydrogen (secondary N) is 1. The molecule has 3 nitrogen and oxygen atoms in total. The van der Waals surface area contributed by atoms with Crippen molar-refractivity contribution < 1.29 is 4.79 Å². The number of nitriles is 1. The molecule has 0 aromatic carbocycles. The summed E-state index contributed by atoms with van der Waals surface area (Å²) in [4.78, 5) is 11.0. The minimum absolute atomic E-state index is 0.0912. The maximum Gasteiger partial charge on any atom is 0.224 e. The molecule has 0 aliphatic rings. The molecule has 1 N–H and O–H groups in total. The third kappa shape index (κ3) is 4.15. The summed E-state index contributed by atoms with van der Waals surface area (Å²) >= 11 is 0. The van der Waals surface area contributed by atoms with Gasteiger partial charge in [0.1, 0.15) is 0 Å². The number of hydrogen-bond donors (Lipinski definition) is 1. The van der Waals surface area contributed by atoms with Gasteiger partial charge in [-0.1, -0.05) is 13.0 Å². The van der Waals surface area contributed by atoms with Crippen LogP contribution in [-0.4, -0.2) is 12.5 Å². The largest absolute Gasteiger partial charge is 0.352 e. The first-order valence-corrected chi connectivity index (χ1v) is 3.48. The molecule has 0 saturated heterocycles. The second kappa shape index (κ2) is 5.48. The van der Waals surface area contributed by atoms with Crippen molar-refractivity contribution >= 4 is 5.91 Å². The summed E-state index contributed by atoms with van der Waals surface area (Å²) < 4.78 is 0. The molecule has 0 aromatic rings. The lowest BCUT2D eigenvalue weighted by atomic mass is 10.1. The van der Waals surface area contributed by atoms with E-state index in [2.05, 4.69) is 11.9 Å². The standard InChI is InChI=1S/C8H12N2O/c1-3-6-10-8(11)7(2)4-5-9/h3,7H,1,4,6H2,2H3,(H,10,11). The highest BCUT2D eigenvalue weighted by atomic mass is 16.1. The zero-order chi connectivity index (χ0) is 8.69. The van der Waals surface area contributed by atoms with Gasteiger partial charge >= 0.3 is 0 Å². The van der Waals surface area contributed by atoms with Gasteiger partial charge in [0.05, 0.1) is 6.07 Å². The number of carbonyl (C=O) groups excluding carboxylic acids is 1. The second-order valence-electron chi connectivity index (χ2n) is 2.30. The first-order chi connectivity index (χ1) is 5.22. The van der Waals surface area contributed by atoms with Gasteiger partial charge in [-0.05, 0) is 0 Å². The molecule has 1 atom stereocenters. The molecular formula is C8H12N2O. The molecule has 0 aliphatic heterocycles. The van der Waals surface area contributed by atoms with Crippen LogP contribution >= 0.6 is 0 Å². The Hall–Kier alpha value is -1.30. The number of hydrogen-bond acceptors (Lipinski definition) is 2. The highest BCUT2D eigenvalue weighted by molar-refractivity contribution is 5.78. The minimum Gasteiger partial charge on any atom is -0.352 e. The smallest absolute Gasteiger partial charge is 0.224 e. The first kappa shape index (κ1) is 9.70. The van der Waals surface area contributed by atoms with Gasteiger partial charge in [-0.25, -0.2) is 0 Å². The van der Waals surface area contributed by atoms with Gasteiger partial charge in [-0.2, -0.15) is 5.26 Å². The monoisotopic (exact) mass is 152 g/mol. The zero-order valence-corrected chi connectivity index (χ0v) is 6.63. The van der Waals surface area contributed by atoms with Gasteiger partial charge < -0.3 is 5.32 Å². The topological polar surface area (TPSA) is 52.9 Å².